The second-order valence-corrected chi connectivity index (χ2v) is 24.1. The zero-order chi connectivity index (χ0) is 58.2. The summed E-state index contributed by atoms with van der Waals surface area (Å²) in [5, 5.41) is 14.0. The standard InChI is InChI=1S/C82H54N4O2/c1-47-22-17-28-53(46-47)83(75-49(3)42-44-56-54-29-12-15-40-67(54)87-81(56)75)63-36-20-38-65-71(63)58-31-18-33-60-73-70(52-26-9-6-10-27-52)80-74(69(51-24-7-5-8-25-51)79(73)85(65)77(58)60)61-34-19-32-59-72-64(37-21-39-66(72)86(80)78(59)61)84(62-35-14-11-23-48(62)2)76-50(4)43-45-57-55-30-13-16-41-68(55)88-82(57)76/h5-46H,1-4H3. The number of furan rings is 2. The molecule has 19 rings (SSSR count). The Morgan fingerprint density at radius 1 is 0.295 bits per heavy atom. The Kier molecular flexibility index (Phi) is 10.1. The summed E-state index contributed by atoms with van der Waals surface area (Å²) in [4.78, 5) is 4.95. The minimum atomic E-state index is 0.871. The molecule has 0 aliphatic heterocycles. The number of hydrogen-bond donors (Lipinski definition) is 0. The topological polar surface area (TPSA) is 41.6 Å². The van der Waals surface area contributed by atoms with Crippen molar-refractivity contribution in [1.29, 1.82) is 0 Å². The molecule has 0 aliphatic rings. The van der Waals surface area contributed by atoms with Gasteiger partial charge in [-0.15, -0.1) is 0 Å². The van der Waals surface area contributed by atoms with Crippen LogP contribution in [-0.2, 0) is 0 Å². The van der Waals surface area contributed by atoms with Gasteiger partial charge >= 0.3 is 0 Å². The first kappa shape index (κ1) is 49.0. The summed E-state index contributed by atoms with van der Waals surface area (Å²) < 4.78 is 19.2. The molecule has 19 aromatic rings. The Morgan fingerprint density at radius 3 is 1.24 bits per heavy atom. The monoisotopic (exact) mass is 1130 g/mol. The highest BCUT2D eigenvalue weighted by molar-refractivity contribution is 6.39. The van der Waals surface area contributed by atoms with Gasteiger partial charge in [0.1, 0.15) is 11.2 Å². The summed E-state index contributed by atoms with van der Waals surface area (Å²) in [6.07, 6.45) is 0. The molecule has 0 N–H and O–H groups in total. The van der Waals surface area contributed by atoms with Crippen LogP contribution in [0, 0.1) is 27.7 Å². The van der Waals surface area contributed by atoms with E-state index in [1.54, 1.807) is 0 Å². The Hall–Kier alpha value is -11.3. The van der Waals surface area contributed by atoms with Crippen molar-refractivity contribution in [2.24, 2.45) is 0 Å². The molecule has 0 fully saturated rings. The van der Waals surface area contributed by atoms with Crippen molar-refractivity contribution >= 4 is 154 Å². The number of para-hydroxylation sites is 5. The minimum absolute atomic E-state index is 0.871. The van der Waals surface area contributed by atoms with Crippen molar-refractivity contribution in [3.8, 4) is 22.3 Å². The van der Waals surface area contributed by atoms with E-state index in [-0.39, 0.29) is 0 Å². The van der Waals surface area contributed by atoms with Crippen molar-refractivity contribution in [3.63, 3.8) is 0 Å². The van der Waals surface area contributed by atoms with Gasteiger partial charge in [0, 0.05) is 87.1 Å². The lowest BCUT2D eigenvalue weighted by Gasteiger charge is -2.29. The van der Waals surface area contributed by atoms with E-state index in [1.165, 1.54) is 87.4 Å². The largest absolute Gasteiger partial charge is 0.454 e. The Morgan fingerprint density at radius 2 is 0.716 bits per heavy atom. The molecule has 6 aromatic heterocycles. The number of fused-ring (bicyclic) bond motifs is 18. The third kappa shape index (κ3) is 6.50. The van der Waals surface area contributed by atoms with E-state index in [2.05, 4.69) is 301 Å². The number of aryl methyl sites for hydroxylation is 4. The smallest absolute Gasteiger partial charge is 0.159 e. The molecule has 88 heavy (non-hydrogen) atoms. The number of nitrogens with zero attached hydrogens (tertiary/aromatic N) is 4. The van der Waals surface area contributed by atoms with E-state index in [9.17, 15) is 0 Å². The van der Waals surface area contributed by atoms with E-state index in [0.29, 0.717) is 0 Å². The molecule has 0 saturated carbocycles. The summed E-state index contributed by atoms with van der Waals surface area (Å²) in [5.41, 5.74) is 26.3. The third-order valence-corrected chi connectivity index (χ3v) is 19.1. The average molecular weight is 1130 g/mol. The minimum Gasteiger partial charge on any atom is -0.454 e. The number of rotatable bonds is 8. The van der Waals surface area contributed by atoms with E-state index in [1.807, 2.05) is 0 Å². The molecule has 0 radical (unpaired) electrons. The summed E-state index contributed by atoms with van der Waals surface area (Å²) >= 11 is 0. The first-order chi connectivity index (χ1) is 43.4. The van der Waals surface area contributed by atoms with Gasteiger partial charge < -0.3 is 27.4 Å². The van der Waals surface area contributed by atoms with Gasteiger partial charge in [-0.05, 0) is 116 Å². The predicted octanol–water partition coefficient (Wildman–Crippen LogP) is 23.3. The van der Waals surface area contributed by atoms with Crippen LogP contribution in [0.2, 0.25) is 0 Å². The van der Waals surface area contributed by atoms with Gasteiger partial charge in [0.05, 0.1) is 55.8 Å². The number of hydrogen-bond acceptors (Lipinski definition) is 4. The summed E-state index contributed by atoms with van der Waals surface area (Å²) in [6, 6.07) is 93.7. The quantitative estimate of drug-likeness (QED) is 0.152. The van der Waals surface area contributed by atoms with Crippen LogP contribution in [0.5, 0.6) is 0 Å². The van der Waals surface area contributed by atoms with Crippen LogP contribution in [-0.4, -0.2) is 8.80 Å². The Labute approximate surface area is 505 Å². The predicted molar refractivity (Wildman–Crippen MR) is 370 cm³/mol. The van der Waals surface area contributed by atoms with Crippen LogP contribution >= 0.6 is 0 Å². The van der Waals surface area contributed by atoms with Crippen molar-refractivity contribution in [2.75, 3.05) is 9.80 Å². The second-order valence-electron chi connectivity index (χ2n) is 24.1. The van der Waals surface area contributed by atoms with Crippen LogP contribution in [0.3, 0.4) is 0 Å². The normalized spacial score (nSPS) is 12.3. The maximum Gasteiger partial charge on any atom is 0.159 e. The fraction of sp³-hybridized carbons (Fsp3) is 0.0488. The fourth-order valence-corrected chi connectivity index (χ4v) is 15.5. The highest BCUT2D eigenvalue weighted by atomic mass is 16.3. The molecule has 0 bridgehead atoms. The van der Waals surface area contributed by atoms with Crippen molar-refractivity contribution < 1.29 is 8.83 Å². The molecule has 0 spiro atoms. The van der Waals surface area contributed by atoms with Crippen LogP contribution in [0.25, 0.3) is 142 Å². The fourth-order valence-electron chi connectivity index (χ4n) is 15.5. The van der Waals surface area contributed by atoms with Gasteiger partial charge in [-0.1, -0.05) is 200 Å². The molecule has 0 aliphatic carbocycles. The molecule has 0 atom stereocenters. The second kappa shape index (κ2) is 18.1. The van der Waals surface area contributed by atoms with Gasteiger partial charge in [0.25, 0.3) is 0 Å². The van der Waals surface area contributed by atoms with Crippen molar-refractivity contribution in [1.82, 2.24) is 8.80 Å². The van der Waals surface area contributed by atoms with Gasteiger partial charge in [0.2, 0.25) is 0 Å². The van der Waals surface area contributed by atoms with Crippen molar-refractivity contribution in [3.05, 3.63) is 277 Å². The molecule has 13 aromatic carbocycles. The van der Waals surface area contributed by atoms with Crippen LogP contribution in [0.1, 0.15) is 22.3 Å². The third-order valence-electron chi connectivity index (χ3n) is 19.1. The summed E-state index contributed by atoms with van der Waals surface area (Å²) in [6.45, 7) is 8.84. The van der Waals surface area contributed by atoms with Crippen LogP contribution < -0.4 is 9.80 Å². The number of benzene rings is 13. The zero-order valence-electron chi connectivity index (χ0n) is 48.9. The number of aromatic nitrogens is 2. The summed E-state index contributed by atoms with van der Waals surface area (Å²) in [5.74, 6) is 0. The summed E-state index contributed by atoms with van der Waals surface area (Å²) in [7, 11) is 0. The first-order valence-electron chi connectivity index (χ1n) is 30.4. The van der Waals surface area contributed by atoms with Crippen molar-refractivity contribution in [2.45, 2.75) is 27.7 Å². The molecule has 414 valence electrons. The molecule has 6 nitrogen and oxygen atoms in total. The molecule has 0 unspecified atom stereocenters. The maximum absolute atomic E-state index is 6.98. The zero-order valence-corrected chi connectivity index (χ0v) is 48.9. The van der Waals surface area contributed by atoms with E-state index < -0.39 is 0 Å². The first-order valence-corrected chi connectivity index (χ1v) is 30.4. The lowest BCUT2D eigenvalue weighted by molar-refractivity contribution is 0.668. The molecule has 0 saturated heterocycles. The van der Waals surface area contributed by atoms with Gasteiger partial charge in [-0.25, -0.2) is 0 Å². The highest BCUT2D eigenvalue weighted by Gasteiger charge is 2.34. The maximum atomic E-state index is 6.98. The lowest BCUT2D eigenvalue weighted by Crippen LogP contribution is -2.13. The Balaban J connectivity index is 0.974. The van der Waals surface area contributed by atoms with E-state index in [4.69, 9.17) is 8.83 Å². The Bertz CT molecular complexity index is 6120. The number of anilines is 6. The molecular formula is C82H54N4O2. The highest BCUT2D eigenvalue weighted by Crippen LogP contribution is 2.57. The van der Waals surface area contributed by atoms with Crippen LogP contribution in [0.4, 0.5) is 34.1 Å². The van der Waals surface area contributed by atoms with Gasteiger partial charge in [-0.3, -0.25) is 0 Å². The van der Waals surface area contributed by atoms with E-state index in [0.717, 1.165) is 111 Å². The average Bonchev–Trinajstić information content (AvgIpc) is 1.52. The van der Waals surface area contributed by atoms with Crippen LogP contribution in [0.15, 0.2) is 264 Å². The molecule has 6 heterocycles. The molecular weight excluding hydrogens is 1070 g/mol. The van der Waals surface area contributed by atoms with Gasteiger partial charge in [0.15, 0.2) is 11.2 Å². The SMILES string of the molecule is Cc1cccc(N(c2c(C)ccc3c2oc2ccccc23)c2cccc3c2c2cccc4c5c(-c6ccccc6)c6c(c(-c7ccccc7)c5n3c24)c2cccc3c4c(N(c5ccccc5C)c5c(C)ccc7c5oc5ccccc57)cccc4n6c32)c1. The molecule has 0 amide bonds. The lowest BCUT2D eigenvalue weighted by atomic mass is 9.89. The van der Waals surface area contributed by atoms with Gasteiger partial charge in [-0.2, -0.15) is 0 Å². The molecule has 6 heteroatoms. The van der Waals surface area contributed by atoms with E-state index >= 15 is 0 Å².